The summed E-state index contributed by atoms with van der Waals surface area (Å²) in [5, 5.41) is 24.7. The van der Waals surface area contributed by atoms with Crippen molar-refractivity contribution >= 4 is 65.2 Å². The van der Waals surface area contributed by atoms with Gasteiger partial charge in [0.05, 0.1) is 52.8 Å². The standard InChI is InChI=1S/3C27H32F3N7O4S/c3*1-25(2)16-18-4-3-12-35-13-8-22(33-35)42(39,40)34-24(38)19-5-6-20(31-23(19)36(25)17-18)37-14-7-21(32-37)41-15-11-26(9-10-26)27(28,29)30/h3*5-8,13-14,18H,3-4,9-12,15-17H2,1-2H3,(H,34,38)/t2*18-;/m10./s1. The van der Waals surface area contributed by atoms with E-state index < -0.39 is 82.6 Å². The third-order valence-electron chi connectivity index (χ3n) is 25.6. The van der Waals surface area contributed by atoms with Crippen molar-refractivity contribution < 1.29 is 93.4 Å². The third kappa shape index (κ3) is 18.5. The Kier molecular flexibility index (Phi) is 23.0. The monoisotopic (exact) mass is 1820 g/mol. The van der Waals surface area contributed by atoms with Crippen LogP contribution in [0.15, 0.2) is 125 Å². The average molecular weight is 1820 g/mol. The summed E-state index contributed by atoms with van der Waals surface area (Å²) in [5.41, 5.74) is -5.86. The summed E-state index contributed by atoms with van der Waals surface area (Å²) in [6.07, 6.45) is 4.64. The number of rotatable bonds is 15. The fourth-order valence-corrected chi connectivity index (χ4v) is 20.7. The molecule has 0 radical (unpaired) electrons. The summed E-state index contributed by atoms with van der Waals surface area (Å²) in [6, 6.07) is 17.8. The van der Waals surface area contributed by atoms with Crippen LogP contribution in [0.5, 0.6) is 17.6 Å². The van der Waals surface area contributed by atoms with Gasteiger partial charge < -0.3 is 28.9 Å². The zero-order chi connectivity index (χ0) is 89.7. The Morgan fingerprint density at radius 3 is 0.881 bits per heavy atom. The highest BCUT2D eigenvalue weighted by Gasteiger charge is 2.64. The van der Waals surface area contributed by atoms with Gasteiger partial charge in [-0.25, -0.2) is 43.2 Å². The van der Waals surface area contributed by atoms with Crippen LogP contribution < -0.4 is 43.1 Å². The maximum absolute atomic E-state index is 13.4. The van der Waals surface area contributed by atoms with Gasteiger partial charge in [0.15, 0.2) is 32.5 Å². The molecule has 3 atom stereocenters. The van der Waals surface area contributed by atoms with E-state index in [1.165, 1.54) is 86.8 Å². The lowest BCUT2D eigenvalue weighted by Gasteiger charge is -2.34. The molecule has 9 aromatic rings. The van der Waals surface area contributed by atoms with E-state index in [0.717, 1.165) is 57.8 Å². The number of sulfonamides is 3. The Labute approximate surface area is 719 Å². The number of amides is 3. The SMILES string of the molecule is CC1(C)CC2CCCn3ccc(n3)S(=O)(=O)NC(=O)c3ccc(-n4ccc(OCCC5(C(F)(F)F)CC5)n4)nc3N1C2.CC1(C)C[C@@H]2CCCn3ccc(n3)S(=O)(=O)NC(=O)c3ccc(-n4ccc(OCCC5(C(F)(F)F)CC5)n4)nc3N1C2.CC1(C)C[C@H]2CCCn3ccc(n3)S(=O)(=O)NC(=O)c3ccc(-n4ccc(OCCC5(C(F)(F)F)CC5)n4)nc3N1C2. The molecule has 9 aromatic heterocycles. The molecule has 3 N–H and O–H groups in total. The van der Waals surface area contributed by atoms with E-state index in [1.807, 2.05) is 14.7 Å². The van der Waals surface area contributed by atoms with Gasteiger partial charge in [-0.3, -0.25) is 28.4 Å². The van der Waals surface area contributed by atoms with E-state index in [2.05, 4.69) is 86.3 Å². The number of ether oxygens (including phenoxy) is 3. The highest BCUT2D eigenvalue weighted by Crippen LogP contribution is 2.62. The van der Waals surface area contributed by atoms with Crippen molar-refractivity contribution in [3.8, 4) is 35.1 Å². The maximum atomic E-state index is 13.4. The fourth-order valence-electron chi connectivity index (χ4n) is 17.9. The summed E-state index contributed by atoms with van der Waals surface area (Å²) in [7, 11) is -12.7. The molecule has 3 amide bonds. The lowest BCUT2D eigenvalue weighted by atomic mass is 9.93. The molecule has 33 nitrogen and oxygen atoms in total. The van der Waals surface area contributed by atoms with E-state index >= 15 is 0 Å². The second-order valence-electron chi connectivity index (χ2n) is 36.0. The number of hydrogen-bond acceptors (Lipinski definition) is 24. The number of carbonyl (C=O) groups excluding carboxylic acids is 3. The summed E-state index contributed by atoms with van der Waals surface area (Å²) in [5.74, 6) is 0.871. The second kappa shape index (κ2) is 32.8. The van der Waals surface area contributed by atoms with Gasteiger partial charge in [-0.05, 0) is 229 Å². The largest absolute Gasteiger partial charge is 0.477 e. The van der Waals surface area contributed by atoms with Gasteiger partial charge >= 0.3 is 18.5 Å². The van der Waals surface area contributed by atoms with Crippen molar-refractivity contribution in [1.29, 1.82) is 0 Å². The number of hydrogen-bond donors (Lipinski definition) is 3. The number of pyridine rings is 3. The molecule has 0 spiro atoms. The van der Waals surface area contributed by atoms with Crippen molar-refractivity contribution in [1.82, 2.24) is 87.8 Å². The normalized spacial score (nSPS) is 22.6. The molecule has 12 bridgehead atoms. The molecule has 678 valence electrons. The second-order valence-corrected chi connectivity index (χ2v) is 40.9. The number of anilines is 3. The molecule has 6 aliphatic heterocycles. The quantitative estimate of drug-likeness (QED) is 0.0802. The molecule has 3 saturated heterocycles. The first-order valence-electron chi connectivity index (χ1n) is 41.7. The van der Waals surface area contributed by atoms with E-state index in [-0.39, 0.29) is 144 Å². The number of aromatic nitrogens is 15. The minimum absolute atomic E-state index is 0.0815. The first-order chi connectivity index (χ1) is 59.3. The van der Waals surface area contributed by atoms with Gasteiger partial charge in [0.25, 0.3) is 47.8 Å². The van der Waals surface area contributed by atoms with Gasteiger partial charge in [0.1, 0.15) is 17.5 Å². The summed E-state index contributed by atoms with van der Waals surface area (Å²) in [6.45, 7) is 15.5. The molecule has 3 aliphatic carbocycles. The van der Waals surface area contributed by atoms with Crippen LogP contribution in [0.25, 0.3) is 17.5 Å². The van der Waals surface area contributed by atoms with E-state index in [4.69, 9.17) is 29.2 Å². The number of halogens is 9. The van der Waals surface area contributed by atoms with Gasteiger partial charge in [-0.2, -0.15) is 80.1 Å². The van der Waals surface area contributed by atoms with Crippen LogP contribution in [0.3, 0.4) is 0 Å². The Hall–Kier alpha value is -10.9. The Balaban J connectivity index is 0.000000139. The van der Waals surface area contributed by atoms with Crippen LogP contribution in [0.1, 0.15) is 188 Å². The van der Waals surface area contributed by atoms with Crippen molar-refractivity contribution in [2.75, 3.05) is 54.2 Å². The van der Waals surface area contributed by atoms with Gasteiger partial charge in [-0.1, -0.05) is 0 Å². The van der Waals surface area contributed by atoms with Crippen LogP contribution >= 0.6 is 0 Å². The van der Waals surface area contributed by atoms with E-state index in [9.17, 15) is 79.2 Å². The molecule has 18 rings (SSSR count). The molecule has 9 aliphatic rings. The number of fused-ring (bicyclic) bond motifs is 18. The van der Waals surface area contributed by atoms with Crippen LogP contribution in [0.2, 0.25) is 0 Å². The Bertz CT molecular complexity index is 5400. The molecular weight excluding hydrogens is 1730 g/mol. The van der Waals surface area contributed by atoms with Gasteiger partial charge in [0.2, 0.25) is 17.6 Å². The summed E-state index contributed by atoms with van der Waals surface area (Å²) >= 11 is 0. The Morgan fingerprint density at radius 1 is 0.373 bits per heavy atom. The fraction of sp³-hybridized carbons (Fsp3) is 0.556. The minimum Gasteiger partial charge on any atom is -0.477 e. The van der Waals surface area contributed by atoms with Crippen LogP contribution in [0.4, 0.5) is 57.0 Å². The highest BCUT2D eigenvalue weighted by atomic mass is 32.2. The lowest BCUT2D eigenvalue weighted by molar-refractivity contribution is -0.190. The predicted molar refractivity (Wildman–Crippen MR) is 435 cm³/mol. The zero-order valence-corrected chi connectivity index (χ0v) is 72.2. The molecule has 1 unspecified atom stereocenters. The van der Waals surface area contributed by atoms with Gasteiger partial charge in [-0.15, -0.1) is 15.3 Å². The van der Waals surface area contributed by atoms with Crippen LogP contribution in [0, 0.1) is 34.0 Å². The maximum Gasteiger partial charge on any atom is 0.394 e. The Morgan fingerprint density at radius 2 is 0.635 bits per heavy atom. The van der Waals surface area contributed by atoms with Crippen molar-refractivity contribution in [3.05, 3.63) is 127 Å². The molecule has 126 heavy (non-hydrogen) atoms. The number of aryl methyl sites for hydroxylation is 3. The predicted octanol–water partition coefficient (Wildman–Crippen LogP) is 12.3. The molecule has 6 fully saturated rings. The van der Waals surface area contributed by atoms with Crippen LogP contribution in [-0.2, 0) is 49.7 Å². The lowest BCUT2D eigenvalue weighted by Crippen LogP contribution is -2.41. The first kappa shape index (κ1) is 88.6. The smallest absolute Gasteiger partial charge is 0.394 e. The van der Waals surface area contributed by atoms with Gasteiger partial charge in [0, 0.05) is 111 Å². The first-order valence-corrected chi connectivity index (χ1v) is 46.2. The van der Waals surface area contributed by atoms with Crippen molar-refractivity contribution in [3.63, 3.8) is 0 Å². The number of nitrogens with one attached hydrogen (secondary N) is 3. The topological polar surface area (TPSA) is 373 Å². The van der Waals surface area contributed by atoms with Crippen molar-refractivity contribution in [2.45, 2.75) is 227 Å². The number of carbonyl (C=O) groups is 3. The molecule has 0 aromatic carbocycles. The minimum atomic E-state index is -4.25. The summed E-state index contributed by atoms with van der Waals surface area (Å²) in [4.78, 5) is 60.6. The molecule has 45 heteroatoms. The molecular formula is C81H96F9N21O12S3. The molecule has 15 heterocycles. The van der Waals surface area contributed by atoms with E-state index in [0.29, 0.717) is 91.9 Å². The van der Waals surface area contributed by atoms with E-state index in [1.54, 1.807) is 51.2 Å². The number of nitrogens with zero attached hydrogens (tertiary/aromatic N) is 18. The summed E-state index contributed by atoms with van der Waals surface area (Å²) < 4.78 is 229. The average Bonchev–Trinajstić information content (AvgIpc) is 1.60. The zero-order valence-electron chi connectivity index (χ0n) is 69.8. The van der Waals surface area contributed by atoms with Crippen LogP contribution in [-0.4, -0.2) is 191 Å². The highest BCUT2D eigenvalue weighted by molar-refractivity contribution is 7.90. The third-order valence-corrected chi connectivity index (χ3v) is 29.2. The van der Waals surface area contributed by atoms with Crippen molar-refractivity contribution in [2.24, 2.45) is 34.0 Å². The number of alkyl halides is 9. The molecule has 3 saturated carbocycles.